The number of benzene rings is 1. The lowest BCUT2D eigenvalue weighted by Gasteiger charge is -2.41. The van der Waals surface area contributed by atoms with Gasteiger partial charge in [0.05, 0.1) is 11.1 Å². The van der Waals surface area contributed by atoms with Gasteiger partial charge in [-0.3, -0.25) is 9.48 Å². The van der Waals surface area contributed by atoms with E-state index in [-0.39, 0.29) is 11.4 Å². The largest absolute Gasteiger partial charge is 0.344 e. The molecule has 0 radical (unpaired) electrons. The Labute approximate surface area is 120 Å². The summed E-state index contributed by atoms with van der Waals surface area (Å²) in [6.45, 7) is 0. The molecule has 2 aromatic rings. The minimum atomic E-state index is -0.0737. The summed E-state index contributed by atoms with van der Waals surface area (Å²) in [5.41, 5.74) is 1.43. The minimum absolute atomic E-state index is 0.0732. The molecule has 3 rings (SSSR count). The predicted molar refractivity (Wildman–Crippen MR) is 78.6 cm³/mol. The van der Waals surface area contributed by atoms with Gasteiger partial charge in [-0.25, -0.2) is 0 Å². The number of para-hydroxylation sites is 1. The summed E-state index contributed by atoms with van der Waals surface area (Å²) in [5, 5.41) is 9.21. The van der Waals surface area contributed by atoms with Gasteiger partial charge in [0.15, 0.2) is 5.69 Å². The van der Waals surface area contributed by atoms with Crippen LogP contribution < -0.4 is 5.32 Å². The first-order chi connectivity index (χ1) is 9.15. The Kier molecular flexibility index (Phi) is 3.09. The number of nitrogens with zero attached hydrogens (tertiary/aromatic N) is 2. The van der Waals surface area contributed by atoms with E-state index in [1.54, 1.807) is 4.68 Å². The first kappa shape index (κ1) is 12.7. The Morgan fingerprint density at radius 1 is 1.47 bits per heavy atom. The average Bonchev–Trinajstić information content (AvgIpc) is 2.72. The van der Waals surface area contributed by atoms with E-state index < -0.39 is 0 Å². The Bertz CT molecular complexity index is 625. The molecule has 5 heteroatoms. The van der Waals surface area contributed by atoms with Crippen LogP contribution in [0.15, 0.2) is 24.3 Å². The Morgan fingerprint density at radius 3 is 2.84 bits per heavy atom. The summed E-state index contributed by atoms with van der Waals surface area (Å²) in [5.74, 6) is -0.0732. The standard InChI is InChI=1S/C14H16BrN3O/c1-18-11-6-3-2-5-10(11)12(17-18)13(19)16-14(9-15)7-4-8-14/h2-3,5-6H,4,7-9H2,1H3,(H,16,19). The molecule has 1 heterocycles. The van der Waals surface area contributed by atoms with Crippen molar-refractivity contribution in [2.75, 3.05) is 5.33 Å². The number of aryl methyl sites for hydroxylation is 1. The second-order valence-electron chi connectivity index (χ2n) is 5.21. The summed E-state index contributed by atoms with van der Waals surface area (Å²) in [4.78, 5) is 12.4. The zero-order valence-corrected chi connectivity index (χ0v) is 12.4. The van der Waals surface area contributed by atoms with Crippen LogP contribution in [0.5, 0.6) is 0 Å². The third kappa shape index (κ3) is 2.06. The first-order valence-electron chi connectivity index (χ1n) is 6.45. The summed E-state index contributed by atoms with van der Waals surface area (Å²) in [6, 6.07) is 7.81. The second kappa shape index (κ2) is 4.63. The van der Waals surface area contributed by atoms with Crippen LogP contribution in [0.2, 0.25) is 0 Å². The fourth-order valence-corrected chi connectivity index (χ4v) is 3.28. The third-order valence-electron chi connectivity index (χ3n) is 3.92. The van der Waals surface area contributed by atoms with Gasteiger partial charge in [-0.2, -0.15) is 5.10 Å². The Morgan fingerprint density at radius 2 is 2.21 bits per heavy atom. The van der Waals surface area contributed by atoms with Gasteiger partial charge >= 0.3 is 0 Å². The van der Waals surface area contributed by atoms with Crippen LogP contribution in [0.4, 0.5) is 0 Å². The van der Waals surface area contributed by atoms with E-state index in [0.717, 1.165) is 29.1 Å². The molecular weight excluding hydrogens is 306 g/mol. The molecule has 1 amide bonds. The number of carbonyl (C=O) groups excluding carboxylic acids is 1. The Hall–Kier alpha value is -1.36. The molecule has 1 fully saturated rings. The van der Waals surface area contributed by atoms with Crippen molar-refractivity contribution in [1.82, 2.24) is 15.1 Å². The fraction of sp³-hybridized carbons (Fsp3) is 0.429. The lowest BCUT2D eigenvalue weighted by Crippen LogP contribution is -2.55. The van der Waals surface area contributed by atoms with Gasteiger partial charge in [0, 0.05) is 17.8 Å². The lowest BCUT2D eigenvalue weighted by molar-refractivity contribution is 0.0852. The van der Waals surface area contributed by atoms with Crippen LogP contribution >= 0.6 is 15.9 Å². The van der Waals surface area contributed by atoms with Gasteiger partial charge in [-0.1, -0.05) is 34.1 Å². The number of hydrogen-bond acceptors (Lipinski definition) is 2. The van der Waals surface area contributed by atoms with E-state index in [1.807, 2.05) is 31.3 Å². The van der Waals surface area contributed by atoms with E-state index in [1.165, 1.54) is 6.42 Å². The van der Waals surface area contributed by atoms with Crippen LogP contribution in [0.1, 0.15) is 29.8 Å². The van der Waals surface area contributed by atoms with E-state index in [0.29, 0.717) is 5.69 Å². The molecule has 100 valence electrons. The van der Waals surface area contributed by atoms with Gasteiger partial charge in [0.1, 0.15) is 0 Å². The SMILES string of the molecule is Cn1nc(C(=O)NC2(CBr)CCC2)c2ccccc21. The first-order valence-corrected chi connectivity index (χ1v) is 7.58. The number of carbonyl (C=O) groups is 1. The summed E-state index contributed by atoms with van der Waals surface area (Å²) >= 11 is 3.50. The predicted octanol–water partition coefficient (Wildman–Crippen LogP) is 2.62. The van der Waals surface area contributed by atoms with Crippen molar-refractivity contribution in [3.8, 4) is 0 Å². The molecule has 1 aromatic heterocycles. The molecule has 0 unspecified atom stereocenters. The van der Waals surface area contributed by atoms with Gasteiger partial charge in [0.2, 0.25) is 0 Å². The molecule has 1 aromatic carbocycles. The zero-order valence-electron chi connectivity index (χ0n) is 10.8. The maximum atomic E-state index is 12.4. The van der Waals surface area contributed by atoms with E-state index >= 15 is 0 Å². The average molecular weight is 322 g/mol. The van der Waals surface area contributed by atoms with E-state index in [9.17, 15) is 4.79 Å². The maximum absolute atomic E-state index is 12.4. The smallest absolute Gasteiger partial charge is 0.272 e. The molecule has 19 heavy (non-hydrogen) atoms. The van der Waals surface area contributed by atoms with Crippen molar-refractivity contribution in [1.29, 1.82) is 0 Å². The molecule has 4 nitrogen and oxygen atoms in total. The van der Waals surface area contributed by atoms with Crippen LogP contribution in [0.3, 0.4) is 0 Å². The number of halogens is 1. The van der Waals surface area contributed by atoms with Crippen LogP contribution in [0, 0.1) is 0 Å². The maximum Gasteiger partial charge on any atom is 0.272 e. The van der Waals surface area contributed by atoms with Crippen LogP contribution in [0.25, 0.3) is 10.9 Å². The van der Waals surface area contributed by atoms with Gasteiger partial charge < -0.3 is 5.32 Å². The molecule has 1 N–H and O–H groups in total. The molecule has 1 saturated carbocycles. The quantitative estimate of drug-likeness (QED) is 0.883. The van der Waals surface area contributed by atoms with Crippen molar-refractivity contribution in [3.63, 3.8) is 0 Å². The normalized spacial score (nSPS) is 17.2. The van der Waals surface area contributed by atoms with Crippen LogP contribution in [-0.2, 0) is 7.05 Å². The third-order valence-corrected chi connectivity index (χ3v) is 4.99. The van der Waals surface area contributed by atoms with Gasteiger partial charge in [0.25, 0.3) is 5.91 Å². The van der Waals surface area contributed by atoms with Crippen LogP contribution in [-0.4, -0.2) is 26.6 Å². The summed E-state index contributed by atoms with van der Waals surface area (Å²) in [7, 11) is 1.86. The topological polar surface area (TPSA) is 46.9 Å². The number of fused-ring (bicyclic) bond motifs is 1. The highest BCUT2D eigenvalue weighted by atomic mass is 79.9. The number of aromatic nitrogens is 2. The van der Waals surface area contributed by atoms with Crippen molar-refractivity contribution in [2.24, 2.45) is 7.05 Å². The monoisotopic (exact) mass is 321 g/mol. The van der Waals surface area contributed by atoms with Crippen molar-refractivity contribution in [3.05, 3.63) is 30.0 Å². The summed E-state index contributed by atoms with van der Waals surface area (Å²) < 4.78 is 1.76. The number of alkyl halides is 1. The number of hydrogen-bond donors (Lipinski definition) is 1. The molecular formula is C14H16BrN3O. The van der Waals surface area contributed by atoms with Gasteiger partial charge in [-0.05, 0) is 25.3 Å². The van der Waals surface area contributed by atoms with Crippen molar-refractivity contribution < 1.29 is 4.79 Å². The highest BCUT2D eigenvalue weighted by Gasteiger charge is 2.38. The molecule has 0 bridgehead atoms. The summed E-state index contributed by atoms with van der Waals surface area (Å²) in [6.07, 6.45) is 3.25. The molecule has 1 aliphatic rings. The van der Waals surface area contributed by atoms with E-state index in [4.69, 9.17) is 0 Å². The second-order valence-corrected chi connectivity index (χ2v) is 5.77. The minimum Gasteiger partial charge on any atom is -0.344 e. The zero-order chi connectivity index (χ0) is 13.5. The van der Waals surface area contributed by atoms with E-state index in [2.05, 4.69) is 26.3 Å². The number of nitrogens with one attached hydrogen (secondary N) is 1. The fourth-order valence-electron chi connectivity index (χ4n) is 2.58. The van der Waals surface area contributed by atoms with Gasteiger partial charge in [-0.15, -0.1) is 0 Å². The molecule has 0 atom stereocenters. The molecule has 0 aliphatic heterocycles. The highest BCUT2D eigenvalue weighted by molar-refractivity contribution is 9.09. The lowest BCUT2D eigenvalue weighted by atomic mass is 9.78. The molecule has 0 spiro atoms. The highest BCUT2D eigenvalue weighted by Crippen LogP contribution is 2.33. The number of amides is 1. The molecule has 0 saturated heterocycles. The molecule has 1 aliphatic carbocycles. The number of rotatable bonds is 3. The van der Waals surface area contributed by atoms with Crippen molar-refractivity contribution >= 4 is 32.7 Å². The Balaban J connectivity index is 1.94. The van der Waals surface area contributed by atoms with Crippen molar-refractivity contribution in [2.45, 2.75) is 24.8 Å².